The number of aryl methyl sites for hydroxylation is 1. The summed E-state index contributed by atoms with van der Waals surface area (Å²) < 4.78 is 5.78. The first kappa shape index (κ1) is 15.7. The summed E-state index contributed by atoms with van der Waals surface area (Å²) >= 11 is 0. The third-order valence-electron chi connectivity index (χ3n) is 3.54. The number of aliphatic carboxylic acids is 1. The largest absolute Gasteiger partial charge is 0.481 e. The fraction of sp³-hybridized carbons (Fsp3) is 0.100. The second-order valence-electron chi connectivity index (χ2n) is 5.33. The lowest BCUT2D eigenvalue weighted by atomic mass is 10.1. The Labute approximate surface area is 140 Å². The molecule has 0 atom stereocenters. The molecular weight excluding hydrogens is 302 g/mol. The van der Waals surface area contributed by atoms with Gasteiger partial charge in [-0.15, -0.1) is 0 Å². The molecule has 4 nitrogen and oxygen atoms in total. The van der Waals surface area contributed by atoms with Gasteiger partial charge in [0.2, 0.25) is 5.89 Å². The molecule has 3 rings (SSSR count). The molecule has 2 aromatic carbocycles. The van der Waals surface area contributed by atoms with Gasteiger partial charge in [0.25, 0.3) is 0 Å². The number of hydrogen-bond donors (Lipinski definition) is 1. The molecule has 3 aromatic rings. The highest BCUT2D eigenvalue weighted by Gasteiger charge is 2.14. The van der Waals surface area contributed by atoms with Gasteiger partial charge < -0.3 is 9.52 Å². The van der Waals surface area contributed by atoms with E-state index in [1.165, 1.54) is 0 Å². The maximum absolute atomic E-state index is 10.9. The van der Waals surface area contributed by atoms with E-state index in [2.05, 4.69) is 4.98 Å². The molecule has 1 N–H and O–H groups in total. The molecular formula is C20H17NO3. The molecule has 0 fully saturated rings. The number of benzene rings is 2. The van der Waals surface area contributed by atoms with Crippen LogP contribution in [-0.2, 0) is 11.2 Å². The third-order valence-corrected chi connectivity index (χ3v) is 3.54. The molecule has 0 spiro atoms. The van der Waals surface area contributed by atoms with Gasteiger partial charge in [0.05, 0.1) is 6.42 Å². The summed E-state index contributed by atoms with van der Waals surface area (Å²) in [6.45, 7) is 0. The second-order valence-corrected chi connectivity index (χ2v) is 5.33. The van der Waals surface area contributed by atoms with Crippen molar-refractivity contribution in [3.63, 3.8) is 0 Å². The highest BCUT2D eigenvalue weighted by atomic mass is 16.4. The molecule has 0 radical (unpaired) electrons. The van der Waals surface area contributed by atoms with E-state index in [0.717, 1.165) is 11.1 Å². The summed E-state index contributed by atoms with van der Waals surface area (Å²) in [4.78, 5) is 15.4. The molecule has 0 aliphatic carbocycles. The average molecular weight is 319 g/mol. The maximum Gasteiger partial charge on any atom is 0.303 e. The maximum atomic E-state index is 10.9. The Hall–Kier alpha value is -3.14. The van der Waals surface area contributed by atoms with Crippen LogP contribution in [0.4, 0.5) is 0 Å². The van der Waals surface area contributed by atoms with Crippen LogP contribution in [0.3, 0.4) is 0 Å². The highest BCUT2D eigenvalue weighted by Crippen LogP contribution is 2.26. The Kier molecular flexibility index (Phi) is 4.87. The van der Waals surface area contributed by atoms with E-state index in [9.17, 15) is 4.79 Å². The molecule has 4 heteroatoms. The van der Waals surface area contributed by atoms with E-state index in [1.54, 1.807) is 6.08 Å². The number of carboxylic acid groups (broad SMARTS) is 1. The molecule has 0 saturated heterocycles. The van der Waals surface area contributed by atoms with E-state index >= 15 is 0 Å². The number of carboxylic acids is 1. The zero-order chi connectivity index (χ0) is 16.8. The summed E-state index contributed by atoms with van der Waals surface area (Å²) in [5.41, 5.74) is 2.66. The zero-order valence-corrected chi connectivity index (χ0v) is 13.1. The summed E-state index contributed by atoms with van der Waals surface area (Å²) in [6, 6.07) is 19.5. The van der Waals surface area contributed by atoms with Gasteiger partial charge in [-0.05, 0) is 11.6 Å². The van der Waals surface area contributed by atoms with Gasteiger partial charge in [-0.3, -0.25) is 4.79 Å². The van der Waals surface area contributed by atoms with Crippen LogP contribution in [0.2, 0.25) is 0 Å². The Balaban J connectivity index is 1.90. The van der Waals surface area contributed by atoms with Crippen molar-refractivity contribution in [3.8, 4) is 11.3 Å². The van der Waals surface area contributed by atoms with E-state index in [1.807, 2.05) is 66.7 Å². The van der Waals surface area contributed by atoms with Crippen LogP contribution >= 0.6 is 0 Å². The van der Waals surface area contributed by atoms with Gasteiger partial charge in [0.15, 0.2) is 0 Å². The highest BCUT2D eigenvalue weighted by molar-refractivity contribution is 5.70. The molecule has 1 heterocycles. The lowest BCUT2D eigenvalue weighted by Gasteiger charge is -1.99. The van der Waals surface area contributed by atoms with Crippen molar-refractivity contribution >= 4 is 18.1 Å². The molecule has 24 heavy (non-hydrogen) atoms. The fourth-order valence-electron chi connectivity index (χ4n) is 2.38. The summed E-state index contributed by atoms with van der Waals surface area (Å²) in [5.74, 6) is 0.209. The van der Waals surface area contributed by atoms with E-state index in [4.69, 9.17) is 9.52 Å². The van der Waals surface area contributed by atoms with Crippen molar-refractivity contribution in [2.75, 3.05) is 0 Å². The van der Waals surface area contributed by atoms with Crippen molar-refractivity contribution < 1.29 is 14.3 Å². The summed E-state index contributed by atoms with van der Waals surface area (Å²) in [7, 11) is 0. The molecule has 0 aliphatic heterocycles. The predicted octanol–water partition coefficient (Wildman–Crippen LogP) is 4.53. The topological polar surface area (TPSA) is 63.3 Å². The van der Waals surface area contributed by atoms with Crippen molar-refractivity contribution in [2.45, 2.75) is 12.8 Å². The standard InChI is InChI=1S/C20H17NO3/c22-19(23)14-12-17-20(16-9-5-2-6-10-16)21-18(24-17)13-11-15-7-3-1-4-8-15/h1-11,13H,12,14H2,(H,22,23). The average Bonchev–Trinajstić information content (AvgIpc) is 3.03. The van der Waals surface area contributed by atoms with Gasteiger partial charge in [-0.25, -0.2) is 4.98 Å². The Morgan fingerprint density at radius 1 is 1.00 bits per heavy atom. The first-order chi connectivity index (χ1) is 11.7. The van der Waals surface area contributed by atoms with Crippen molar-refractivity contribution in [3.05, 3.63) is 77.9 Å². The molecule has 1 aromatic heterocycles. The number of nitrogens with zero attached hydrogens (tertiary/aromatic N) is 1. The minimum Gasteiger partial charge on any atom is -0.481 e. The van der Waals surface area contributed by atoms with Gasteiger partial charge in [0.1, 0.15) is 11.5 Å². The Morgan fingerprint density at radius 2 is 1.67 bits per heavy atom. The smallest absolute Gasteiger partial charge is 0.303 e. The predicted molar refractivity (Wildman–Crippen MR) is 93.3 cm³/mol. The lowest BCUT2D eigenvalue weighted by molar-refractivity contribution is -0.137. The minimum atomic E-state index is -0.855. The van der Waals surface area contributed by atoms with E-state index in [0.29, 0.717) is 23.8 Å². The second kappa shape index (κ2) is 7.42. The normalized spacial score (nSPS) is 11.0. The first-order valence-corrected chi connectivity index (χ1v) is 7.72. The molecule has 0 amide bonds. The zero-order valence-electron chi connectivity index (χ0n) is 13.1. The van der Waals surface area contributed by atoms with Gasteiger partial charge in [-0.2, -0.15) is 0 Å². The molecule has 0 bridgehead atoms. The van der Waals surface area contributed by atoms with E-state index in [-0.39, 0.29) is 6.42 Å². The SMILES string of the molecule is O=C(O)CCc1oc(C=Cc2ccccc2)nc1-c1ccccc1. The third kappa shape index (κ3) is 3.98. The number of aromatic nitrogens is 1. The quantitative estimate of drug-likeness (QED) is 0.725. The summed E-state index contributed by atoms with van der Waals surface area (Å²) in [5, 5.41) is 8.92. The van der Waals surface area contributed by atoms with Crippen LogP contribution in [0, 0.1) is 0 Å². The van der Waals surface area contributed by atoms with Crippen molar-refractivity contribution in [1.82, 2.24) is 4.98 Å². The van der Waals surface area contributed by atoms with Crippen LogP contribution in [0.1, 0.15) is 23.6 Å². The molecule has 0 aliphatic rings. The van der Waals surface area contributed by atoms with Gasteiger partial charge in [0, 0.05) is 18.1 Å². The van der Waals surface area contributed by atoms with Crippen LogP contribution < -0.4 is 0 Å². The van der Waals surface area contributed by atoms with Crippen LogP contribution in [-0.4, -0.2) is 16.1 Å². The van der Waals surface area contributed by atoms with Crippen LogP contribution in [0.25, 0.3) is 23.4 Å². The van der Waals surface area contributed by atoms with Gasteiger partial charge in [-0.1, -0.05) is 60.7 Å². The van der Waals surface area contributed by atoms with Crippen LogP contribution in [0.5, 0.6) is 0 Å². The van der Waals surface area contributed by atoms with E-state index < -0.39 is 5.97 Å². The molecule has 120 valence electrons. The first-order valence-electron chi connectivity index (χ1n) is 7.72. The lowest BCUT2D eigenvalue weighted by Crippen LogP contribution is -1.97. The Morgan fingerprint density at radius 3 is 2.33 bits per heavy atom. The van der Waals surface area contributed by atoms with Gasteiger partial charge >= 0.3 is 5.97 Å². The number of oxazole rings is 1. The number of hydrogen-bond acceptors (Lipinski definition) is 3. The van der Waals surface area contributed by atoms with Crippen molar-refractivity contribution in [1.29, 1.82) is 0 Å². The number of rotatable bonds is 6. The fourth-order valence-corrected chi connectivity index (χ4v) is 2.38. The molecule has 0 saturated carbocycles. The Bertz CT molecular complexity index is 836. The van der Waals surface area contributed by atoms with Crippen molar-refractivity contribution in [2.24, 2.45) is 0 Å². The molecule has 0 unspecified atom stereocenters. The minimum absolute atomic E-state index is 0.0108. The summed E-state index contributed by atoms with van der Waals surface area (Å²) in [6.07, 6.45) is 4.04. The van der Waals surface area contributed by atoms with Crippen LogP contribution in [0.15, 0.2) is 65.1 Å². The monoisotopic (exact) mass is 319 g/mol. The number of carbonyl (C=O) groups is 1.